The molecule has 2 heteroatoms. The first kappa shape index (κ1) is 26.1. The monoisotopic (exact) mass is 566 g/mol. The SMILES string of the molecule is c1ccc(-c2oc(-c3ccc(CCc4ccc(-c5oc(-c6ccccc6)c6ccccc56)cc4)cc3)c3ccccc23)cc1. The van der Waals surface area contributed by atoms with Crippen LogP contribution in [0.15, 0.2) is 167 Å². The lowest BCUT2D eigenvalue weighted by atomic mass is 9.99. The second-order valence-electron chi connectivity index (χ2n) is 11.2. The van der Waals surface area contributed by atoms with Crippen molar-refractivity contribution < 1.29 is 8.83 Å². The quantitative estimate of drug-likeness (QED) is 0.192. The maximum Gasteiger partial charge on any atom is 0.142 e. The molecule has 0 saturated carbocycles. The van der Waals surface area contributed by atoms with Crippen LogP contribution in [-0.4, -0.2) is 0 Å². The molecule has 2 nitrogen and oxygen atoms in total. The van der Waals surface area contributed by atoms with Crippen molar-refractivity contribution in [3.05, 3.63) is 169 Å². The Hall–Kier alpha value is -5.60. The number of rotatable bonds is 7. The summed E-state index contributed by atoms with van der Waals surface area (Å²) in [5.41, 5.74) is 6.99. The Balaban J connectivity index is 1.01. The summed E-state index contributed by atoms with van der Waals surface area (Å²) in [6.07, 6.45) is 1.94. The molecule has 2 heterocycles. The van der Waals surface area contributed by atoms with Crippen molar-refractivity contribution in [2.75, 3.05) is 0 Å². The Labute approximate surface area is 256 Å². The molecular formula is C42H30O2. The molecule has 8 rings (SSSR count). The molecule has 0 atom stereocenters. The topological polar surface area (TPSA) is 26.3 Å². The maximum atomic E-state index is 6.50. The van der Waals surface area contributed by atoms with Crippen LogP contribution in [0.25, 0.3) is 66.8 Å². The van der Waals surface area contributed by atoms with Gasteiger partial charge in [0.05, 0.1) is 0 Å². The van der Waals surface area contributed by atoms with E-state index in [1.54, 1.807) is 0 Å². The molecule has 0 aliphatic rings. The van der Waals surface area contributed by atoms with Gasteiger partial charge in [0, 0.05) is 43.8 Å². The number of hydrogen-bond acceptors (Lipinski definition) is 2. The molecule has 0 N–H and O–H groups in total. The van der Waals surface area contributed by atoms with Gasteiger partial charge in [-0.15, -0.1) is 0 Å². The third-order valence-corrected chi connectivity index (χ3v) is 8.45. The molecule has 0 bridgehead atoms. The minimum Gasteiger partial charge on any atom is -0.455 e. The van der Waals surface area contributed by atoms with E-state index >= 15 is 0 Å². The average molecular weight is 567 g/mol. The van der Waals surface area contributed by atoms with Crippen LogP contribution >= 0.6 is 0 Å². The first-order valence-corrected chi connectivity index (χ1v) is 15.1. The number of aryl methyl sites for hydroxylation is 2. The average Bonchev–Trinajstić information content (AvgIpc) is 3.68. The predicted molar refractivity (Wildman–Crippen MR) is 182 cm³/mol. The lowest BCUT2D eigenvalue weighted by Crippen LogP contribution is -1.91. The van der Waals surface area contributed by atoms with Crippen molar-refractivity contribution >= 4 is 21.5 Å². The van der Waals surface area contributed by atoms with Gasteiger partial charge in [0.2, 0.25) is 0 Å². The highest BCUT2D eigenvalue weighted by atomic mass is 16.3. The molecule has 0 amide bonds. The first-order chi connectivity index (χ1) is 21.8. The molecule has 0 aliphatic carbocycles. The molecule has 0 radical (unpaired) electrons. The molecule has 0 saturated heterocycles. The van der Waals surface area contributed by atoms with Crippen molar-refractivity contribution in [2.24, 2.45) is 0 Å². The zero-order valence-corrected chi connectivity index (χ0v) is 24.2. The summed E-state index contributed by atoms with van der Waals surface area (Å²) >= 11 is 0. The standard InChI is InChI=1S/C42H30O2/c1-3-11-31(12-4-1)39-35-15-7-9-17-37(35)41(43-39)33-25-21-29(22-26-33)19-20-30-23-27-34(28-24-30)42-38-18-10-8-16-36(38)40(44-42)32-13-5-2-6-14-32/h1-18,21-28H,19-20H2. The van der Waals surface area contributed by atoms with Crippen molar-refractivity contribution in [3.8, 4) is 45.3 Å². The number of fused-ring (bicyclic) bond motifs is 2. The predicted octanol–water partition coefficient (Wildman–Crippen LogP) is 11.6. The van der Waals surface area contributed by atoms with E-state index in [2.05, 4.69) is 146 Å². The van der Waals surface area contributed by atoms with Gasteiger partial charge in [0.15, 0.2) is 0 Å². The highest BCUT2D eigenvalue weighted by molar-refractivity contribution is 6.03. The van der Waals surface area contributed by atoms with E-state index < -0.39 is 0 Å². The fraction of sp³-hybridized carbons (Fsp3) is 0.0476. The molecule has 2 aromatic heterocycles. The van der Waals surface area contributed by atoms with Crippen LogP contribution in [0.3, 0.4) is 0 Å². The summed E-state index contributed by atoms with van der Waals surface area (Å²) in [6.45, 7) is 0. The van der Waals surface area contributed by atoms with Crippen LogP contribution in [0.5, 0.6) is 0 Å². The van der Waals surface area contributed by atoms with E-state index in [4.69, 9.17) is 8.83 Å². The molecule has 0 spiro atoms. The third-order valence-electron chi connectivity index (χ3n) is 8.45. The summed E-state index contributed by atoms with van der Waals surface area (Å²) in [5, 5.41) is 4.55. The largest absolute Gasteiger partial charge is 0.455 e. The highest BCUT2D eigenvalue weighted by Gasteiger charge is 2.17. The smallest absolute Gasteiger partial charge is 0.142 e. The van der Waals surface area contributed by atoms with Crippen LogP contribution in [0.1, 0.15) is 11.1 Å². The lowest BCUT2D eigenvalue weighted by molar-refractivity contribution is 0.601. The summed E-state index contributed by atoms with van der Waals surface area (Å²) < 4.78 is 13.0. The van der Waals surface area contributed by atoms with E-state index in [0.29, 0.717) is 0 Å². The van der Waals surface area contributed by atoms with E-state index in [9.17, 15) is 0 Å². The summed E-state index contributed by atoms with van der Waals surface area (Å²) in [4.78, 5) is 0. The van der Waals surface area contributed by atoms with Gasteiger partial charge < -0.3 is 8.83 Å². The van der Waals surface area contributed by atoms with Crippen LogP contribution in [0.2, 0.25) is 0 Å². The lowest BCUT2D eigenvalue weighted by Gasteiger charge is -2.06. The van der Waals surface area contributed by atoms with Gasteiger partial charge in [0.1, 0.15) is 23.0 Å². The molecule has 0 unspecified atom stereocenters. The van der Waals surface area contributed by atoms with E-state index in [1.807, 2.05) is 12.1 Å². The molecular weight excluding hydrogens is 536 g/mol. The Morgan fingerprint density at radius 3 is 0.864 bits per heavy atom. The van der Waals surface area contributed by atoms with Gasteiger partial charge in [-0.1, -0.05) is 158 Å². The van der Waals surface area contributed by atoms with Crippen molar-refractivity contribution in [3.63, 3.8) is 0 Å². The van der Waals surface area contributed by atoms with E-state index in [-0.39, 0.29) is 0 Å². The highest BCUT2D eigenvalue weighted by Crippen LogP contribution is 2.40. The van der Waals surface area contributed by atoms with Gasteiger partial charge in [-0.2, -0.15) is 0 Å². The molecule has 44 heavy (non-hydrogen) atoms. The van der Waals surface area contributed by atoms with Gasteiger partial charge in [-0.25, -0.2) is 0 Å². The van der Waals surface area contributed by atoms with Crippen LogP contribution in [0.4, 0.5) is 0 Å². The van der Waals surface area contributed by atoms with Crippen LogP contribution < -0.4 is 0 Å². The van der Waals surface area contributed by atoms with Gasteiger partial charge >= 0.3 is 0 Å². The minimum absolute atomic E-state index is 0.919. The Bertz CT molecular complexity index is 2020. The fourth-order valence-electron chi connectivity index (χ4n) is 6.15. The zero-order chi connectivity index (χ0) is 29.3. The normalized spacial score (nSPS) is 11.4. The minimum atomic E-state index is 0.919. The summed E-state index contributed by atoms with van der Waals surface area (Å²) in [5.74, 6) is 3.68. The number of hydrogen-bond donors (Lipinski definition) is 0. The van der Waals surface area contributed by atoms with Crippen molar-refractivity contribution in [1.82, 2.24) is 0 Å². The van der Waals surface area contributed by atoms with E-state index in [0.717, 1.165) is 79.7 Å². The van der Waals surface area contributed by atoms with Gasteiger partial charge in [0.25, 0.3) is 0 Å². The molecule has 6 aromatic carbocycles. The van der Waals surface area contributed by atoms with Crippen molar-refractivity contribution in [2.45, 2.75) is 12.8 Å². The Morgan fingerprint density at radius 2 is 0.545 bits per heavy atom. The van der Waals surface area contributed by atoms with Gasteiger partial charge in [-0.3, -0.25) is 0 Å². The second-order valence-corrected chi connectivity index (χ2v) is 11.2. The second kappa shape index (κ2) is 11.2. The molecule has 210 valence electrons. The summed E-state index contributed by atoms with van der Waals surface area (Å²) in [6, 6.07) is 55.2. The number of benzene rings is 6. The third kappa shape index (κ3) is 4.81. The van der Waals surface area contributed by atoms with Crippen LogP contribution in [-0.2, 0) is 12.8 Å². The molecule has 0 fully saturated rings. The van der Waals surface area contributed by atoms with Gasteiger partial charge in [-0.05, 0) is 24.0 Å². The maximum absolute atomic E-state index is 6.50. The fourth-order valence-corrected chi connectivity index (χ4v) is 6.15. The molecule has 0 aliphatic heterocycles. The Morgan fingerprint density at radius 1 is 0.273 bits per heavy atom. The first-order valence-electron chi connectivity index (χ1n) is 15.1. The summed E-state index contributed by atoms with van der Waals surface area (Å²) in [7, 11) is 0. The van der Waals surface area contributed by atoms with Crippen molar-refractivity contribution in [1.29, 1.82) is 0 Å². The number of furan rings is 2. The van der Waals surface area contributed by atoms with Crippen LogP contribution in [0, 0.1) is 0 Å². The zero-order valence-electron chi connectivity index (χ0n) is 24.2. The Kier molecular flexibility index (Phi) is 6.66. The molecule has 8 aromatic rings. The van der Waals surface area contributed by atoms with E-state index in [1.165, 1.54) is 11.1 Å².